The second kappa shape index (κ2) is 7.44. The van der Waals surface area contributed by atoms with Crippen LogP contribution >= 0.6 is 0 Å². The van der Waals surface area contributed by atoms with Crippen LogP contribution in [-0.2, 0) is 16.0 Å². The number of methoxy groups -OCH3 is 1. The molecule has 3 aromatic rings. The molecule has 0 bridgehead atoms. The van der Waals surface area contributed by atoms with Crippen LogP contribution in [0.15, 0.2) is 48.5 Å². The number of carbonyl (C=O) groups is 2. The van der Waals surface area contributed by atoms with Gasteiger partial charge in [-0.25, -0.2) is 0 Å². The standard InChI is InChI=1S/C21H21NO4/c1-13-20(16-9-5-6-10-17(16)22-13)21(24)14(2)26-19(23)12-15-8-4-7-11-18(15)25-3/h4-11,14,22H,12H2,1-3H3/t14-/m0/s1. The predicted molar refractivity (Wildman–Crippen MR) is 99.6 cm³/mol. The Bertz CT molecular complexity index is 958. The quantitative estimate of drug-likeness (QED) is 0.541. The van der Waals surface area contributed by atoms with Crippen molar-refractivity contribution in [3.63, 3.8) is 0 Å². The Balaban J connectivity index is 1.74. The Kier molecular flexibility index (Phi) is 5.07. The van der Waals surface area contributed by atoms with Gasteiger partial charge in [-0.1, -0.05) is 36.4 Å². The maximum Gasteiger partial charge on any atom is 0.311 e. The van der Waals surface area contributed by atoms with Gasteiger partial charge >= 0.3 is 5.97 Å². The van der Waals surface area contributed by atoms with Gasteiger partial charge in [-0.05, 0) is 26.0 Å². The second-order valence-electron chi connectivity index (χ2n) is 6.16. The van der Waals surface area contributed by atoms with Crippen LogP contribution in [0.1, 0.15) is 28.5 Å². The van der Waals surface area contributed by atoms with E-state index in [-0.39, 0.29) is 12.2 Å². The molecular formula is C21H21NO4. The summed E-state index contributed by atoms with van der Waals surface area (Å²) < 4.78 is 10.6. The van der Waals surface area contributed by atoms with Crippen LogP contribution in [0.4, 0.5) is 0 Å². The highest BCUT2D eigenvalue weighted by Crippen LogP contribution is 2.24. The normalized spacial score (nSPS) is 12.0. The Hall–Kier alpha value is -3.08. The average Bonchev–Trinajstić information content (AvgIpc) is 2.97. The number of aryl methyl sites for hydroxylation is 1. The molecule has 5 nitrogen and oxygen atoms in total. The van der Waals surface area contributed by atoms with Gasteiger partial charge in [0, 0.05) is 27.7 Å². The summed E-state index contributed by atoms with van der Waals surface area (Å²) in [6, 6.07) is 14.8. The highest BCUT2D eigenvalue weighted by Gasteiger charge is 2.24. The fourth-order valence-corrected chi connectivity index (χ4v) is 3.09. The van der Waals surface area contributed by atoms with E-state index < -0.39 is 12.1 Å². The molecule has 0 amide bonds. The Morgan fingerprint density at radius 2 is 1.77 bits per heavy atom. The number of esters is 1. The second-order valence-corrected chi connectivity index (χ2v) is 6.16. The van der Waals surface area contributed by atoms with Gasteiger partial charge in [-0.2, -0.15) is 0 Å². The number of ketones is 1. The molecule has 1 N–H and O–H groups in total. The number of ether oxygens (including phenoxy) is 2. The van der Waals surface area contributed by atoms with E-state index in [1.54, 1.807) is 26.2 Å². The topological polar surface area (TPSA) is 68.4 Å². The van der Waals surface area contributed by atoms with Crippen LogP contribution in [-0.4, -0.2) is 30.0 Å². The molecule has 0 saturated carbocycles. The van der Waals surface area contributed by atoms with Crippen molar-refractivity contribution in [2.24, 2.45) is 0 Å². The number of hydrogen-bond donors (Lipinski definition) is 1. The maximum absolute atomic E-state index is 12.8. The van der Waals surface area contributed by atoms with Crippen molar-refractivity contribution in [2.45, 2.75) is 26.4 Å². The number of benzene rings is 2. The van der Waals surface area contributed by atoms with E-state index in [9.17, 15) is 9.59 Å². The number of nitrogens with one attached hydrogen (secondary N) is 1. The first kappa shape index (κ1) is 17.7. The van der Waals surface area contributed by atoms with E-state index >= 15 is 0 Å². The third-order valence-corrected chi connectivity index (χ3v) is 4.34. The fourth-order valence-electron chi connectivity index (χ4n) is 3.09. The van der Waals surface area contributed by atoms with Gasteiger partial charge in [0.05, 0.1) is 13.5 Å². The molecule has 0 unspecified atom stereocenters. The predicted octanol–water partition coefficient (Wildman–Crippen LogP) is 3.84. The average molecular weight is 351 g/mol. The molecule has 0 aliphatic carbocycles. The first-order valence-electron chi connectivity index (χ1n) is 8.44. The highest BCUT2D eigenvalue weighted by molar-refractivity contribution is 6.11. The summed E-state index contributed by atoms with van der Waals surface area (Å²) in [5, 5.41) is 0.836. The molecule has 5 heteroatoms. The van der Waals surface area contributed by atoms with Crippen LogP contribution < -0.4 is 4.74 Å². The van der Waals surface area contributed by atoms with Crippen LogP contribution in [0.2, 0.25) is 0 Å². The van der Waals surface area contributed by atoms with Crippen molar-refractivity contribution < 1.29 is 19.1 Å². The van der Waals surface area contributed by atoms with E-state index in [4.69, 9.17) is 9.47 Å². The Morgan fingerprint density at radius 3 is 2.54 bits per heavy atom. The molecule has 0 spiro atoms. The van der Waals surface area contributed by atoms with Crippen molar-refractivity contribution >= 4 is 22.7 Å². The minimum atomic E-state index is -0.866. The summed E-state index contributed by atoms with van der Waals surface area (Å²) in [5.41, 5.74) is 2.95. The molecule has 1 aromatic heterocycles. The van der Waals surface area contributed by atoms with Crippen LogP contribution in [0, 0.1) is 6.92 Å². The van der Waals surface area contributed by atoms with Gasteiger partial charge in [-0.15, -0.1) is 0 Å². The molecule has 26 heavy (non-hydrogen) atoms. The minimum absolute atomic E-state index is 0.0501. The molecule has 134 valence electrons. The lowest BCUT2D eigenvalue weighted by atomic mass is 10.0. The number of fused-ring (bicyclic) bond motifs is 1. The number of H-pyrrole nitrogens is 1. The monoisotopic (exact) mass is 351 g/mol. The van der Waals surface area contributed by atoms with E-state index in [2.05, 4.69) is 4.98 Å². The van der Waals surface area contributed by atoms with Crippen LogP contribution in [0.3, 0.4) is 0 Å². The molecule has 0 aliphatic rings. The number of aromatic amines is 1. The molecule has 1 heterocycles. The third kappa shape index (κ3) is 3.47. The van der Waals surface area contributed by atoms with Gasteiger partial charge in [0.25, 0.3) is 0 Å². The molecule has 0 radical (unpaired) electrons. The van der Waals surface area contributed by atoms with Crippen LogP contribution in [0.5, 0.6) is 5.75 Å². The van der Waals surface area contributed by atoms with Crippen molar-refractivity contribution in [1.82, 2.24) is 4.98 Å². The van der Waals surface area contributed by atoms with Gasteiger partial charge in [0.2, 0.25) is 5.78 Å². The molecule has 3 rings (SSSR count). The van der Waals surface area contributed by atoms with E-state index in [1.165, 1.54) is 0 Å². The number of carbonyl (C=O) groups excluding carboxylic acids is 2. The first-order valence-corrected chi connectivity index (χ1v) is 8.44. The molecule has 0 fully saturated rings. The number of aromatic nitrogens is 1. The van der Waals surface area contributed by atoms with Crippen molar-refractivity contribution in [1.29, 1.82) is 0 Å². The van der Waals surface area contributed by atoms with Crippen molar-refractivity contribution in [3.05, 3.63) is 65.4 Å². The summed E-state index contributed by atoms with van der Waals surface area (Å²) in [4.78, 5) is 28.3. The summed E-state index contributed by atoms with van der Waals surface area (Å²) in [6.45, 7) is 3.44. The fraction of sp³-hybridized carbons (Fsp3) is 0.238. The van der Waals surface area contributed by atoms with Gasteiger partial charge in [0.1, 0.15) is 5.75 Å². The number of para-hydroxylation sites is 2. The molecule has 0 aliphatic heterocycles. The number of rotatable bonds is 6. The highest BCUT2D eigenvalue weighted by atomic mass is 16.5. The number of Topliss-reactive ketones (excluding diaryl/α,β-unsaturated/α-hetero) is 1. The lowest BCUT2D eigenvalue weighted by Gasteiger charge is -2.13. The number of hydrogen-bond acceptors (Lipinski definition) is 4. The van der Waals surface area contributed by atoms with E-state index in [0.29, 0.717) is 11.3 Å². The van der Waals surface area contributed by atoms with E-state index in [1.807, 2.05) is 43.3 Å². The smallest absolute Gasteiger partial charge is 0.311 e. The summed E-state index contributed by atoms with van der Waals surface area (Å²) in [6.07, 6.45) is -0.816. The SMILES string of the molecule is COc1ccccc1CC(=O)O[C@@H](C)C(=O)c1c(C)[nH]c2ccccc12. The summed E-state index contributed by atoms with van der Waals surface area (Å²) >= 11 is 0. The zero-order chi connectivity index (χ0) is 18.7. The molecular weight excluding hydrogens is 330 g/mol. The molecule has 0 saturated heterocycles. The van der Waals surface area contributed by atoms with Gasteiger partial charge in [-0.3, -0.25) is 9.59 Å². The molecule has 1 atom stereocenters. The summed E-state index contributed by atoms with van der Waals surface area (Å²) in [5.74, 6) is -0.0583. The molecule has 2 aromatic carbocycles. The van der Waals surface area contributed by atoms with Gasteiger partial charge < -0.3 is 14.5 Å². The Labute approximate surface area is 151 Å². The zero-order valence-electron chi connectivity index (χ0n) is 15.0. The Morgan fingerprint density at radius 1 is 1.08 bits per heavy atom. The first-order chi connectivity index (χ1) is 12.5. The largest absolute Gasteiger partial charge is 0.496 e. The lowest BCUT2D eigenvalue weighted by molar-refractivity contribution is -0.145. The van der Waals surface area contributed by atoms with Crippen molar-refractivity contribution in [2.75, 3.05) is 7.11 Å². The van der Waals surface area contributed by atoms with E-state index in [0.717, 1.165) is 22.2 Å². The zero-order valence-corrected chi connectivity index (χ0v) is 15.0. The third-order valence-electron chi connectivity index (χ3n) is 4.34. The van der Waals surface area contributed by atoms with Crippen molar-refractivity contribution in [3.8, 4) is 5.75 Å². The lowest BCUT2D eigenvalue weighted by Crippen LogP contribution is -2.25. The van der Waals surface area contributed by atoms with Crippen LogP contribution in [0.25, 0.3) is 10.9 Å². The van der Waals surface area contributed by atoms with Gasteiger partial charge in [0.15, 0.2) is 6.10 Å². The summed E-state index contributed by atoms with van der Waals surface area (Å²) in [7, 11) is 1.55. The minimum Gasteiger partial charge on any atom is -0.496 e. The maximum atomic E-state index is 12.8.